The van der Waals surface area contributed by atoms with E-state index in [2.05, 4.69) is 4.74 Å². The average molecular weight is 300 g/mol. The third-order valence-electron chi connectivity index (χ3n) is 2.89. The van der Waals surface area contributed by atoms with Gasteiger partial charge in [0, 0.05) is 18.9 Å². The summed E-state index contributed by atoms with van der Waals surface area (Å²) < 4.78 is 43.0. The standard InChI is InChI=1S/C14H15F3N2O2/c1-2-7-18-8-9-19(13(18)20)10-11-3-5-12(6-4-11)21-14(15,16)17/h3-6,8-9H,2,7,10H2,1H3. The van der Waals surface area contributed by atoms with Crippen LogP contribution in [0.1, 0.15) is 18.9 Å². The molecule has 0 aliphatic rings. The lowest BCUT2D eigenvalue weighted by Gasteiger charge is -2.09. The number of hydrogen-bond acceptors (Lipinski definition) is 2. The Morgan fingerprint density at radius 3 is 2.29 bits per heavy atom. The largest absolute Gasteiger partial charge is 0.573 e. The van der Waals surface area contributed by atoms with Crippen molar-refractivity contribution in [3.63, 3.8) is 0 Å². The molecule has 0 saturated carbocycles. The van der Waals surface area contributed by atoms with Gasteiger partial charge >= 0.3 is 12.1 Å². The van der Waals surface area contributed by atoms with Gasteiger partial charge < -0.3 is 4.74 Å². The normalized spacial score (nSPS) is 11.6. The molecule has 0 amide bonds. The molecule has 21 heavy (non-hydrogen) atoms. The fourth-order valence-electron chi connectivity index (χ4n) is 1.98. The number of nitrogens with zero attached hydrogens (tertiary/aromatic N) is 2. The van der Waals surface area contributed by atoms with E-state index in [1.54, 1.807) is 17.0 Å². The SMILES string of the molecule is CCCn1ccn(Cc2ccc(OC(F)(F)F)cc2)c1=O. The first-order valence-electron chi connectivity index (χ1n) is 6.49. The zero-order valence-corrected chi connectivity index (χ0v) is 11.4. The molecule has 0 saturated heterocycles. The van der Waals surface area contributed by atoms with E-state index in [9.17, 15) is 18.0 Å². The van der Waals surface area contributed by atoms with Gasteiger partial charge in [-0.25, -0.2) is 4.79 Å². The molecule has 2 rings (SSSR count). The van der Waals surface area contributed by atoms with Crippen molar-refractivity contribution in [3.05, 3.63) is 52.7 Å². The van der Waals surface area contributed by atoms with Gasteiger partial charge in [-0.3, -0.25) is 9.13 Å². The Morgan fingerprint density at radius 2 is 1.71 bits per heavy atom. The first-order chi connectivity index (χ1) is 9.89. The summed E-state index contributed by atoms with van der Waals surface area (Å²) in [5, 5.41) is 0. The van der Waals surface area contributed by atoms with Gasteiger partial charge in [-0.2, -0.15) is 0 Å². The molecule has 0 spiro atoms. The Balaban J connectivity index is 2.08. The van der Waals surface area contributed by atoms with Crippen molar-refractivity contribution in [2.75, 3.05) is 0 Å². The lowest BCUT2D eigenvalue weighted by molar-refractivity contribution is -0.274. The predicted molar refractivity (Wildman–Crippen MR) is 71.2 cm³/mol. The molecule has 0 N–H and O–H groups in total. The first-order valence-corrected chi connectivity index (χ1v) is 6.49. The molecule has 0 aliphatic heterocycles. The van der Waals surface area contributed by atoms with Crippen LogP contribution in [0.5, 0.6) is 5.75 Å². The molecule has 7 heteroatoms. The quantitative estimate of drug-likeness (QED) is 0.851. The molecular weight excluding hydrogens is 285 g/mol. The molecule has 4 nitrogen and oxygen atoms in total. The summed E-state index contributed by atoms with van der Waals surface area (Å²) in [7, 11) is 0. The Morgan fingerprint density at radius 1 is 1.10 bits per heavy atom. The minimum absolute atomic E-state index is 0.132. The Labute approximate surface area is 119 Å². The molecule has 1 heterocycles. The van der Waals surface area contributed by atoms with E-state index in [4.69, 9.17) is 0 Å². The number of imidazole rings is 1. The molecule has 2 aromatic rings. The molecule has 0 bridgehead atoms. The van der Waals surface area contributed by atoms with Crippen LogP contribution in [-0.2, 0) is 13.1 Å². The first kappa shape index (κ1) is 15.2. The van der Waals surface area contributed by atoms with Crippen LogP contribution in [0, 0.1) is 0 Å². The second kappa shape index (κ2) is 6.07. The number of aromatic nitrogens is 2. The second-order valence-electron chi connectivity index (χ2n) is 4.59. The van der Waals surface area contributed by atoms with Crippen LogP contribution >= 0.6 is 0 Å². The van der Waals surface area contributed by atoms with Crippen LogP contribution < -0.4 is 10.4 Å². The fourth-order valence-corrected chi connectivity index (χ4v) is 1.98. The maximum Gasteiger partial charge on any atom is 0.573 e. The zero-order chi connectivity index (χ0) is 15.5. The van der Waals surface area contributed by atoms with Crippen LogP contribution in [0.4, 0.5) is 13.2 Å². The Bertz CT molecular complexity index is 641. The zero-order valence-electron chi connectivity index (χ0n) is 11.4. The summed E-state index contributed by atoms with van der Waals surface area (Å²) in [5.74, 6) is -0.276. The summed E-state index contributed by atoms with van der Waals surface area (Å²) in [4.78, 5) is 12.0. The van der Waals surface area contributed by atoms with Gasteiger partial charge in [-0.15, -0.1) is 13.2 Å². The van der Waals surface area contributed by atoms with Crippen LogP contribution in [0.15, 0.2) is 41.5 Å². The second-order valence-corrected chi connectivity index (χ2v) is 4.59. The number of halogens is 3. The fraction of sp³-hybridized carbons (Fsp3) is 0.357. The minimum Gasteiger partial charge on any atom is -0.406 e. The molecule has 1 aromatic carbocycles. The molecule has 1 aromatic heterocycles. The lowest BCUT2D eigenvalue weighted by atomic mass is 10.2. The third kappa shape index (κ3) is 4.14. The highest BCUT2D eigenvalue weighted by Gasteiger charge is 2.30. The molecule has 0 fully saturated rings. The van der Waals surface area contributed by atoms with Crippen molar-refractivity contribution in [2.24, 2.45) is 0 Å². The highest BCUT2D eigenvalue weighted by Crippen LogP contribution is 2.22. The maximum absolute atomic E-state index is 12.0. The van der Waals surface area contributed by atoms with Gasteiger partial charge in [-0.05, 0) is 24.1 Å². The van der Waals surface area contributed by atoms with Gasteiger partial charge in [-0.1, -0.05) is 19.1 Å². The van der Waals surface area contributed by atoms with E-state index in [1.807, 2.05) is 6.92 Å². The Hall–Kier alpha value is -2.18. The third-order valence-corrected chi connectivity index (χ3v) is 2.89. The van der Waals surface area contributed by atoms with Crippen molar-refractivity contribution in [1.29, 1.82) is 0 Å². The van der Waals surface area contributed by atoms with E-state index < -0.39 is 6.36 Å². The van der Waals surface area contributed by atoms with Gasteiger partial charge in [0.2, 0.25) is 0 Å². The maximum atomic E-state index is 12.0. The lowest BCUT2D eigenvalue weighted by Crippen LogP contribution is -2.24. The molecule has 0 radical (unpaired) electrons. The monoisotopic (exact) mass is 300 g/mol. The highest BCUT2D eigenvalue weighted by atomic mass is 19.4. The van der Waals surface area contributed by atoms with E-state index in [0.29, 0.717) is 13.1 Å². The van der Waals surface area contributed by atoms with Gasteiger partial charge in [0.25, 0.3) is 0 Å². The van der Waals surface area contributed by atoms with Gasteiger partial charge in [0.1, 0.15) is 5.75 Å². The summed E-state index contributed by atoms with van der Waals surface area (Å²) >= 11 is 0. The van der Waals surface area contributed by atoms with Crippen molar-refractivity contribution in [3.8, 4) is 5.75 Å². The molecule has 0 atom stereocenters. The smallest absolute Gasteiger partial charge is 0.406 e. The number of aryl methyl sites for hydroxylation is 1. The van der Waals surface area contributed by atoms with Crippen molar-refractivity contribution >= 4 is 0 Å². The highest BCUT2D eigenvalue weighted by molar-refractivity contribution is 5.27. The number of ether oxygens (including phenoxy) is 1. The van der Waals surface area contributed by atoms with Crippen molar-refractivity contribution in [1.82, 2.24) is 9.13 Å². The van der Waals surface area contributed by atoms with Gasteiger partial charge in [0.05, 0.1) is 6.54 Å². The number of benzene rings is 1. The molecule has 0 aliphatic carbocycles. The van der Waals surface area contributed by atoms with Crippen molar-refractivity contribution in [2.45, 2.75) is 32.8 Å². The predicted octanol–water partition coefficient (Wildman–Crippen LogP) is 3.01. The minimum atomic E-state index is -4.70. The van der Waals surface area contributed by atoms with E-state index in [1.165, 1.54) is 28.8 Å². The van der Waals surface area contributed by atoms with E-state index in [0.717, 1.165) is 12.0 Å². The van der Waals surface area contributed by atoms with Crippen LogP contribution in [0.2, 0.25) is 0 Å². The van der Waals surface area contributed by atoms with Crippen LogP contribution in [0.25, 0.3) is 0 Å². The number of hydrogen-bond donors (Lipinski definition) is 0. The molecular formula is C14H15F3N2O2. The summed E-state index contributed by atoms with van der Waals surface area (Å²) in [5.41, 5.74) is 0.591. The number of alkyl halides is 3. The van der Waals surface area contributed by atoms with Crippen molar-refractivity contribution < 1.29 is 17.9 Å². The summed E-state index contributed by atoms with van der Waals surface area (Å²) in [6.45, 7) is 2.93. The summed E-state index contributed by atoms with van der Waals surface area (Å²) in [6.07, 6.45) is -0.478. The van der Waals surface area contributed by atoms with E-state index >= 15 is 0 Å². The van der Waals surface area contributed by atoms with Crippen LogP contribution in [-0.4, -0.2) is 15.5 Å². The summed E-state index contributed by atoms with van der Waals surface area (Å²) in [6, 6.07) is 5.48. The Kier molecular flexibility index (Phi) is 4.40. The number of rotatable bonds is 5. The topological polar surface area (TPSA) is 36.2 Å². The molecule has 114 valence electrons. The molecule has 0 unspecified atom stereocenters. The average Bonchev–Trinajstić information content (AvgIpc) is 2.73. The van der Waals surface area contributed by atoms with E-state index in [-0.39, 0.29) is 11.4 Å². The van der Waals surface area contributed by atoms with Gasteiger partial charge in [0.15, 0.2) is 0 Å². The van der Waals surface area contributed by atoms with Crippen LogP contribution in [0.3, 0.4) is 0 Å².